The first-order valence-electron chi connectivity index (χ1n) is 6.14. The number of nitrogens with two attached hydrogens (primary N) is 2. The van der Waals surface area contributed by atoms with Crippen molar-refractivity contribution in [1.29, 1.82) is 0 Å². The zero-order valence-electron chi connectivity index (χ0n) is 12.0. The molecule has 0 bridgehead atoms. The van der Waals surface area contributed by atoms with Crippen LogP contribution in [0.5, 0.6) is 0 Å². The van der Waals surface area contributed by atoms with Gasteiger partial charge in [-0.05, 0) is 23.1 Å². The van der Waals surface area contributed by atoms with Crippen molar-refractivity contribution >= 4 is 29.9 Å². The number of hydrogen-bond acceptors (Lipinski definition) is 3. The number of amides is 2. The molecular weight excluding hydrogens is 278 g/mol. The van der Waals surface area contributed by atoms with Gasteiger partial charge in [0, 0.05) is 5.69 Å². The lowest BCUT2D eigenvalue weighted by molar-refractivity contribution is -0.119. The second-order valence-electron chi connectivity index (χ2n) is 5.67. The van der Waals surface area contributed by atoms with Crippen LogP contribution in [0.1, 0.15) is 26.3 Å². The summed E-state index contributed by atoms with van der Waals surface area (Å²) in [6.45, 7) is 5.73. The molecule has 0 aliphatic heterocycles. The van der Waals surface area contributed by atoms with Gasteiger partial charge in [0.05, 0.1) is 12.5 Å². The van der Waals surface area contributed by atoms with E-state index in [1.807, 2.05) is 20.8 Å². The molecule has 1 rings (SSSR count). The van der Waals surface area contributed by atoms with Crippen LogP contribution in [0.2, 0.25) is 0 Å². The molecule has 6 heteroatoms. The monoisotopic (exact) mass is 299 g/mol. The average molecular weight is 300 g/mol. The van der Waals surface area contributed by atoms with Crippen LogP contribution < -0.4 is 16.8 Å². The van der Waals surface area contributed by atoms with Crippen molar-refractivity contribution in [2.75, 3.05) is 5.32 Å². The molecule has 0 saturated carbocycles. The fourth-order valence-electron chi connectivity index (χ4n) is 1.52. The first kappa shape index (κ1) is 18.4. The van der Waals surface area contributed by atoms with E-state index in [1.54, 1.807) is 24.3 Å². The third-order valence-corrected chi connectivity index (χ3v) is 2.82. The maximum absolute atomic E-state index is 11.9. The number of nitrogens with one attached hydrogen (secondary N) is 1. The van der Waals surface area contributed by atoms with Gasteiger partial charge in [-0.2, -0.15) is 0 Å². The normalized spacial score (nSPS) is 12.2. The third kappa shape index (κ3) is 5.59. The first-order chi connectivity index (χ1) is 8.70. The molecule has 112 valence electrons. The van der Waals surface area contributed by atoms with Gasteiger partial charge in [0.15, 0.2) is 0 Å². The summed E-state index contributed by atoms with van der Waals surface area (Å²) < 4.78 is 0. The SMILES string of the molecule is CC(C)(C)[C@H](N)C(=O)Nc1ccc(CC(N)=O)cc1.Cl. The summed E-state index contributed by atoms with van der Waals surface area (Å²) in [5.74, 6) is -0.610. The zero-order valence-corrected chi connectivity index (χ0v) is 12.8. The number of anilines is 1. The summed E-state index contributed by atoms with van der Waals surface area (Å²) in [7, 11) is 0. The maximum Gasteiger partial charge on any atom is 0.241 e. The molecule has 0 radical (unpaired) electrons. The minimum absolute atomic E-state index is 0. The second-order valence-corrected chi connectivity index (χ2v) is 5.67. The van der Waals surface area contributed by atoms with Gasteiger partial charge in [0.2, 0.25) is 11.8 Å². The molecular formula is C14H22ClN3O2. The Morgan fingerprint density at radius 3 is 2.10 bits per heavy atom. The fourth-order valence-corrected chi connectivity index (χ4v) is 1.52. The minimum Gasteiger partial charge on any atom is -0.369 e. The van der Waals surface area contributed by atoms with Crippen LogP contribution >= 0.6 is 12.4 Å². The van der Waals surface area contributed by atoms with Crippen LogP contribution in [0.3, 0.4) is 0 Å². The summed E-state index contributed by atoms with van der Waals surface area (Å²) in [4.78, 5) is 22.7. The van der Waals surface area contributed by atoms with Crippen molar-refractivity contribution in [3.8, 4) is 0 Å². The number of primary amides is 1. The summed E-state index contributed by atoms with van der Waals surface area (Å²) in [6.07, 6.45) is 0.190. The number of carbonyl (C=O) groups excluding carboxylic acids is 2. The summed E-state index contributed by atoms with van der Waals surface area (Å²) >= 11 is 0. The predicted molar refractivity (Wildman–Crippen MR) is 82.6 cm³/mol. The van der Waals surface area contributed by atoms with Gasteiger partial charge in [-0.1, -0.05) is 32.9 Å². The van der Waals surface area contributed by atoms with Crippen molar-refractivity contribution in [3.05, 3.63) is 29.8 Å². The van der Waals surface area contributed by atoms with Crippen molar-refractivity contribution in [2.45, 2.75) is 33.2 Å². The van der Waals surface area contributed by atoms with Crippen LogP contribution in [0, 0.1) is 5.41 Å². The standard InChI is InChI=1S/C14H21N3O2.ClH/c1-14(2,3)12(16)13(19)17-10-6-4-9(5-7-10)8-11(15)18;/h4-7,12H,8,16H2,1-3H3,(H2,15,18)(H,17,19);1H/t12-;/m1./s1. The molecule has 0 aliphatic carbocycles. The van der Waals surface area contributed by atoms with Gasteiger partial charge >= 0.3 is 0 Å². The predicted octanol–water partition coefficient (Wildman–Crippen LogP) is 1.45. The van der Waals surface area contributed by atoms with Gasteiger partial charge < -0.3 is 16.8 Å². The summed E-state index contributed by atoms with van der Waals surface area (Å²) in [5.41, 5.74) is 12.1. The Morgan fingerprint density at radius 1 is 1.20 bits per heavy atom. The van der Waals surface area contributed by atoms with Gasteiger partial charge in [0.1, 0.15) is 0 Å². The Balaban J connectivity index is 0.00000361. The van der Waals surface area contributed by atoms with Crippen molar-refractivity contribution in [1.82, 2.24) is 0 Å². The Hall–Kier alpha value is -1.59. The van der Waals surface area contributed by atoms with E-state index in [1.165, 1.54) is 0 Å². The highest BCUT2D eigenvalue weighted by atomic mass is 35.5. The zero-order chi connectivity index (χ0) is 14.6. The van der Waals surface area contributed by atoms with E-state index in [2.05, 4.69) is 5.32 Å². The molecule has 0 spiro atoms. The largest absolute Gasteiger partial charge is 0.369 e. The molecule has 2 amide bonds. The Bertz CT molecular complexity index is 466. The molecule has 0 aromatic heterocycles. The maximum atomic E-state index is 11.9. The van der Waals surface area contributed by atoms with Crippen molar-refractivity contribution < 1.29 is 9.59 Å². The highest BCUT2D eigenvalue weighted by molar-refractivity contribution is 5.95. The number of hydrogen-bond donors (Lipinski definition) is 3. The molecule has 20 heavy (non-hydrogen) atoms. The smallest absolute Gasteiger partial charge is 0.241 e. The van der Waals surface area contributed by atoms with Crippen LogP contribution in [0.15, 0.2) is 24.3 Å². The minimum atomic E-state index is -0.585. The van der Waals surface area contributed by atoms with Gasteiger partial charge in [-0.25, -0.2) is 0 Å². The molecule has 5 nitrogen and oxygen atoms in total. The topological polar surface area (TPSA) is 98.2 Å². The van der Waals surface area contributed by atoms with Crippen molar-refractivity contribution in [2.24, 2.45) is 16.9 Å². The van der Waals surface area contributed by atoms with Crippen molar-refractivity contribution in [3.63, 3.8) is 0 Å². The molecule has 0 aliphatic rings. The van der Waals surface area contributed by atoms with Gasteiger partial charge in [-0.3, -0.25) is 9.59 Å². The van der Waals surface area contributed by atoms with E-state index < -0.39 is 6.04 Å². The summed E-state index contributed by atoms with van der Waals surface area (Å²) in [5, 5.41) is 2.75. The molecule has 1 atom stereocenters. The number of halogens is 1. The molecule has 1 aromatic carbocycles. The summed E-state index contributed by atoms with van der Waals surface area (Å²) in [6, 6.07) is 6.38. The third-order valence-electron chi connectivity index (χ3n) is 2.82. The van der Waals surface area contributed by atoms with E-state index in [-0.39, 0.29) is 36.1 Å². The van der Waals surface area contributed by atoms with E-state index in [9.17, 15) is 9.59 Å². The molecule has 0 saturated heterocycles. The molecule has 1 aromatic rings. The highest BCUT2D eigenvalue weighted by Gasteiger charge is 2.27. The number of rotatable bonds is 4. The fraction of sp³-hybridized carbons (Fsp3) is 0.429. The lowest BCUT2D eigenvalue weighted by Gasteiger charge is -2.25. The number of benzene rings is 1. The van der Waals surface area contributed by atoms with Gasteiger partial charge in [-0.15, -0.1) is 12.4 Å². The lowest BCUT2D eigenvalue weighted by atomic mass is 9.87. The highest BCUT2D eigenvalue weighted by Crippen LogP contribution is 2.19. The Labute approximate surface area is 125 Å². The number of carbonyl (C=O) groups is 2. The van der Waals surface area contributed by atoms with E-state index >= 15 is 0 Å². The van der Waals surface area contributed by atoms with Gasteiger partial charge in [0.25, 0.3) is 0 Å². The van der Waals surface area contributed by atoms with Crippen LogP contribution in [0.4, 0.5) is 5.69 Å². The Kier molecular flexibility index (Phi) is 6.68. The van der Waals surface area contributed by atoms with E-state index in [0.717, 1.165) is 5.56 Å². The first-order valence-corrected chi connectivity index (χ1v) is 6.14. The Morgan fingerprint density at radius 2 is 1.70 bits per heavy atom. The molecule has 0 unspecified atom stereocenters. The molecule has 0 fully saturated rings. The lowest BCUT2D eigenvalue weighted by Crippen LogP contribution is -2.45. The quantitative estimate of drug-likeness (QED) is 0.784. The second kappa shape index (κ2) is 7.26. The molecule has 5 N–H and O–H groups in total. The van der Waals surface area contributed by atoms with E-state index in [4.69, 9.17) is 11.5 Å². The molecule has 0 heterocycles. The van der Waals surface area contributed by atoms with E-state index in [0.29, 0.717) is 5.69 Å². The van der Waals surface area contributed by atoms with Crippen LogP contribution in [0.25, 0.3) is 0 Å². The van der Waals surface area contributed by atoms with Crippen LogP contribution in [-0.2, 0) is 16.0 Å². The average Bonchev–Trinajstić information content (AvgIpc) is 2.28. The van der Waals surface area contributed by atoms with Crippen LogP contribution in [-0.4, -0.2) is 17.9 Å².